The maximum absolute atomic E-state index is 5.34. The van der Waals surface area contributed by atoms with Gasteiger partial charge in [-0.25, -0.2) is 0 Å². The molecule has 0 aliphatic rings. The summed E-state index contributed by atoms with van der Waals surface area (Å²) in [6.45, 7) is 1.36. The molecule has 0 aliphatic carbocycles. The Kier molecular flexibility index (Phi) is 6.40. The molecule has 0 saturated carbocycles. The van der Waals surface area contributed by atoms with Crippen LogP contribution in [0.25, 0.3) is 0 Å². The highest BCUT2D eigenvalue weighted by Crippen LogP contribution is 2.27. The Morgan fingerprint density at radius 1 is 0.889 bits per heavy atom. The van der Waals surface area contributed by atoms with Gasteiger partial charge in [0.15, 0.2) is 17.3 Å². The molecule has 0 spiro atoms. The smallest absolute Gasteiger partial charge is 0.244 e. The van der Waals surface area contributed by atoms with Gasteiger partial charge in [-0.05, 0) is 29.7 Å². The zero-order chi connectivity index (χ0) is 18.9. The molecule has 7 heteroatoms. The molecule has 0 radical (unpaired) electrons. The second-order valence-corrected chi connectivity index (χ2v) is 5.87. The molecule has 0 saturated heterocycles. The van der Waals surface area contributed by atoms with Crippen molar-refractivity contribution in [1.29, 1.82) is 0 Å². The normalized spacial score (nSPS) is 10.3. The number of ether oxygens (including phenoxy) is 2. The molecule has 0 bridgehead atoms. The average Bonchev–Trinajstić information content (AvgIpc) is 2.73. The number of anilines is 2. The summed E-state index contributed by atoms with van der Waals surface area (Å²) in [6, 6.07) is 16.0. The fourth-order valence-electron chi connectivity index (χ4n) is 2.61. The van der Waals surface area contributed by atoms with Gasteiger partial charge in [-0.2, -0.15) is 10.1 Å². The summed E-state index contributed by atoms with van der Waals surface area (Å²) in [5.74, 6) is 2.63. The Morgan fingerprint density at radius 2 is 1.70 bits per heavy atom. The lowest BCUT2D eigenvalue weighted by molar-refractivity contribution is 0.354. The van der Waals surface area contributed by atoms with Gasteiger partial charge in [-0.15, -0.1) is 5.10 Å². The zero-order valence-electron chi connectivity index (χ0n) is 15.5. The van der Waals surface area contributed by atoms with Gasteiger partial charge in [0.2, 0.25) is 5.95 Å². The number of nitrogens with one attached hydrogen (secondary N) is 2. The van der Waals surface area contributed by atoms with Crippen LogP contribution in [-0.2, 0) is 13.0 Å². The molecular weight excluding hydrogens is 342 g/mol. The van der Waals surface area contributed by atoms with Gasteiger partial charge in [0.05, 0.1) is 20.4 Å². The summed E-state index contributed by atoms with van der Waals surface area (Å²) in [4.78, 5) is 4.44. The highest BCUT2D eigenvalue weighted by atomic mass is 16.5. The summed E-state index contributed by atoms with van der Waals surface area (Å²) >= 11 is 0. The summed E-state index contributed by atoms with van der Waals surface area (Å²) in [5, 5.41) is 14.5. The van der Waals surface area contributed by atoms with Crippen molar-refractivity contribution in [3.8, 4) is 11.5 Å². The molecule has 1 heterocycles. The third kappa shape index (κ3) is 5.31. The maximum atomic E-state index is 5.34. The van der Waals surface area contributed by atoms with Crippen LogP contribution < -0.4 is 20.1 Å². The minimum Gasteiger partial charge on any atom is -0.493 e. The van der Waals surface area contributed by atoms with E-state index in [0.717, 1.165) is 29.0 Å². The topological polar surface area (TPSA) is 81.2 Å². The van der Waals surface area contributed by atoms with Crippen LogP contribution in [0.4, 0.5) is 11.8 Å². The molecule has 7 nitrogen and oxygen atoms in total. The summed E-state index contributed by atoms with van der Waals surface area (Å²) in [6.07, 6.45) is 2.43. The Morgan fingerprint density at radius 3 is 2.48 bits per heavy atom. The van der Waals surface area contributed by atoms with Crippen molar-refractivity contribution in [2.75, 3.05) is 31.4 Å². The lowest BCUT2D eigenvalue weighted by Crippen LogP contribution is -2.10. The summed E-state index contributed by atoms with van der Waals surface area (Å²) < 4.78 is 10.6. The molecule has 0 fully saturated rings. The van der Waals surface area contributed by atoms with E-state index in [1.807, 2.05) is 48.5 Å². The van der Waals surface area contributed by atoms with Gasteiger partial charge in [-0.3, -0.25) is 0 Å². The van der Waals surface area contributed by atoms with Gasteiger partial charge in [-0.1, -0.05) is 36.4 Å². The zero-order valence-corrected chi connectivity index (χ0v) is 15.5. The van der Waals surface area contributed by atoms with Crippen LogP contribution in [0, 0.1) is 0 Å². The third-order valence-corrected chi connectivity index (χ3v) is 4.02. The predicted octanol–water partition coefficient (Wildman–Crippen LogP) is 3.16. The maximum Gasteiger partial charge on any atom is 0.244 e. The summed E-state index contributed by atoms with van der Waals surface area (Å²) in [7, 11) is 3.26. The van der Waals surface area contributed by atoms with E-state index in [9.17, 15) is 0 Å². The molecule has 0 amide bonds. The first-order valence-corrected chi connectivity index (χ1v) is 8.71. The van der Waals surface area contributed by atoms with Gasteiger partial charge >= 0.3 is 0 Å². The lowest BCUT2D eigenvalue weighted by atomic mass is 10.1. The number of aromatic nitrogens is 3. The molecule has 2 aromatic carbocycles. The predicted molar refractivity (Wildman–Crippen MR) is 105 cm³/mol. The Hall–Kier alpha value is -3.35. The van der Waals surface area contributed by atoms with Gasteiger partial charge in [0.25, 0.3) is 0 Å². The fourth-order valence-corrected chi connectivity index (χ4v) is 2.61. The largest absolute Gasteiger partial charge is 0.493 e. The minimum atomic E-state index is 0.495. The summed E-state index contributed by atoms with van der Waals surface area (Å²) in [5.41, 5.74) is 2.30. The van der Waals surface area contributed by atoms with Crippen molar-refractivity contribution >= 4 is 11.8 Å². The molecule has 0 aliphatic heterocycles. The standard InChI is InChI=1S/C20H23N5O2/c1-26-17-9-8-15(12-18(17)27-2)10-11-21-19-14-23-25-20(24-19)22-13-16-6-4-3-5-7-16/h3-9,12,14H,10-11,13H2,1-2H3,(H2,21,22,24,25). The van der Waals surface area contributed by atoms with Crippen molar-refractivity contribution in [2.45, 2.75) is 13.0 Å². The van der Waals surface area contributed by atoms with E-state index in [1.165, 1.54) is 0 Å². The number of hydrogen-bond donors (Lipinski definition) is 2. The van der Waals surface area contributed by atoms with Gasteiger partial charge in [0, 0.05) is 13.1 Å². The molecule has 2 N–H and O–H groups in total. The number of benzene rings is 2. The van der Waals surface area contributed by atoms with E-state index < -0.39 is 0 Å². The lowest BCUT2D eigenvalue weighted by Gasteiger charge is -2.10. The first-order chi connectivity index (χ1) is 13.3. The number of rotatable bonds is 9. The van der Waals surface area contributed by atoms with Gasteiger partial charge < -0.3 is 20.1 Å². The monoisotopic (exact) mass is 365 g/mol. The molecule has 140 valence electrons. The molecule has 0 atom stereocenters. The van der Waals surface area contributed by atoms with Crippen LogP contribution in [0.1, 0.15) is 11.1 Å². The van der Waals surface area contributed by atoms with E-state index in [-0.39, 0.29) is 0 Å². The third-order valence-electron chi connectivity index (χ3n) is 4.02. The number of methoxy groups -OCH3 is 2. The number of hydrogen-bond acceptors (Lipinski definition) is 7. The second kappa shape index (κ2) is 9.38. The number of nitrogens with zero attached hydrogens (tertiary/aromatic N) is 3. The van der Waals surface area contributed by atoms with Crippen molar-refractivity contribution in [3.05, 3.63) is 65.9 Å². The second-order valence-electron chi connectivity index (χ2n) is 5.87. The van der Waals surface area contributed by atoms with Crippen LogP contribution >= 0.6 is 0 Å². The molecule has 3 rings (SSSR count). The van der Waals surface area contributed by atoms with E-state index in [2.05, 4.69) is 25.8 Å². The van der Waals surface area contributed by atoms with E-state index in [4.69, 9.17) is 9.47 Å². The molecule has 0 unspecified atom stereocenters. The fraction of sp³-hybridized carbons (Fsp3) is 0.250. The Labute approximate surface area is 158 Å². The Bertz CT molecular complexity index is 858. The average molecular weight is 365 g/mol. The molecular formula is C20H23N5O2. The SMILES string of the molecule is COc1ccc(CCNc2cnnc(NCc3ccccc3)n2)cc1OC. The van der Waals surface area contributed by atoms with Crippen molar-refractivity contribution < 1.29 is 9.47 Å². The van der Waals surface area contributed by atoms with Crippen molar-refractivity contribution in [1.82, 2.24) is 15.2 Å². The highest BCUT2D eigenvalue weighted by Gasteiger charge is 2.05. The first kappa shape index (κ1) is 18.4. The van der Waals surface area contributed by atoms with Crippen molar-refractivity contribution in [3.63, 3.8) is 0 Å². The highest BCUT2D eigenvalue weighted by molar-refractivity contribution is 5.43. The quantitative estimate of drug-likeness (QED) is 0.603. The van der Waals surface area contributed by atoms with Crippen LogP contribution in [0.5, 0.6) is 11.5 Å². The van der Waals surface area contributed by atoms with Crippen LogP contribution in [0.15, 0.2) is 54.7 Å². The van der Waals surface area contributed by atoms with Crippen LogP contribution in [-0.4, -0.2) is 35.9 Å². The van der Waals surface area contributed by atoms with E-state index >= 15 is 0 Å². The first-order valence-electron chi connectivity index (χ1n) is 8.71. The van der Waals surface area contributed by atoms with E-state index in [1.54, 1.807) is 20.4 Å². The molecule has 1 aromatic heterocycles. The molecule has 27 heavy (non-hydrogen) atoms. The molecule has 3 aromatic rings. The van der Waals surface area contributed by atoms with Crippen LogP contribution in [0.2, 0.25) is 0 Å². The van der Waals surface area contributed by atoms with Crippen molar-refractivity contribution in [2.24, 2.45) is 0 Å². The van der Waals surface area contributed by atoms with E-state index in [0.29, 0.717) is 24.9 Å². The van der Waals surface area contributed by atoms with Crippen LogP contribution in [0.3, 0.4) is 0 Å². The minimum absolute atomic E-state index is 0.495. The van der Waals surface area contributed by atoms with Gasteiger partial charge in [0.1, 0.15) is 0 Å². The Balaban J connectivity index is 1.52.